The molecule has 2 aliphatic heterocycles. The third kappa shape index (κ3) is 4.25. The first-order chi connectivity index (χ1) is 15.7. The van der Waals surface area contributed by atoms with E-state index in [-0.39, 0.29) is 21.9 Å². The topological polar surface area (TPSA) is 81.6 Å². The van der Waals surface area contributed by atoms with Gasteiger partial charge in [-0.05, 0) is 59.1 Å². The van der Waals surface area contributed by atoms with Crippen LogP contribution in [-0.2, 0) is 17.4 Å². The molecule has 3 aromatic rings. The number of alkyl halides is 3. The summed E-state index contributed by atoms with van der Waals surface area (Å²) in [5, 5.41) is 17.6. The summed E-state index contributed by atoms with van der Waals surface area (Å²) < 4.78 is 41.2. The zero-order valence-electron chi connectivity index (χ0n) is 16.9. The highest BCUT2D eigenvalue weighted by Crippen LogP contribution is 2.41. The number of allylic oxidation sites excluding steroid dienone is 1. The van der Waals surface area contributed by atoms with Gasteiger partial charge in [0.1, 0.15) is 0 Å². The van der Waals surface area contributed by atoms with Crippen LogP contribution in [0.5, 0.6) is 0 Å². The van der Waals surface area contributed by atoms with Crippen molar-refractivity contribution >= 4 is 50.9 Å². The van der Waals surface area contributed by atoms with Crippen LogP contribution >= 0.6 is 23.4 Å². The first kappa shape index (κ1) is 22.0. The van der Waals surface area contributed by atoms with Crippen LogP contribution in [0.15, 0.2) is 52.5 Å². The van der Waals surface area contributed by atoms with E-state index in [0.29, 0.717) is 29.4 Å². The van der Waals surface area contributed by atoms with E-state index in [1.165, 1.54) is 12.1 Å². The summed E-state index contributed by atoms with van der Waals surface area (Å²) in [5.74, 6) is -0.513. The predicted octanol–water partition coefficient (Wildman–Crippen LogP) is 4.49. The number of thioether (sulfide) groups is 1. The Morgan fingerprint density at radius 2 is 2.03 bits per heavy atom. The quantitative estimate of drug-likeness (QED) is 0.526. The SMILES string of the molecule is O=C1N=C(N2CC(O)C2)SC1=C(Cc1ccc(Cl)cc1C(F)(F)F)c1ccc2[nH]ncc2c1. The number of aromatic amines is 1. The minimum atomic E-state index is -4.60. The molecule has 0 unspecified atom stereocenters. The van der Waals surface area contributed by atoms with E-state index in [1.54, 1.807) is 29.3 Å². The Hall–Kier alpha value is -2.82. The number of hydrogen-bond acceptors (Lipinski definition) is 5. The summed E-state index contributed by atoms with van der Waals surface area (Å²) in [6.07, 6.45) is -3.62. The standard InChI is InChI=1S/C22H16ClF3N4O2S/c23-14-3-1-12(17(7-14)22(24,25)26)6-16(11-2-4-18-13(5-11)8-27-29-18)19-20(32)28-21(33-19)30-9-15(31)10-30/h1-5,7-8,15,31H,6,9-10H2,(H,27,29). The fourth-order valence-corrected chi connectivity index (χ4v) is 5.04. The lowest BCUT2D eigenvalue weighted by atomic mass is 9.93. The van der Waals surface area contributed by atoms with Crippen molar-refractivity contribution in [3.63, 3.8) is 0 Å². The number of aliphatic imine (C=N–C) groups is 1. The number of carbonyl (C=O) groups excluding carboxylic acids is 1. The third-order valence-electron chi connectivity index (χ3n) is 5.52. The van der Waals surface area contributed by atoms with Gasteiger partial charge in [-0.25, -0.2) is 0 Å². The number of carbonyl (C=O) groups is 1. The maximum absolute atomic E-state index is 13.7. The van der Waals surface area contributed by atoms with Crippen LogP contribution in [0.2, 0.25) is 5.02 Å². The van der Waals surface area contributed by atoms with Crippen molar-refractivity contribution in [2.45, 2.75) is 18.7 Å². The molecular weight excluding hydrogens is 477 g/mol. The molecule has 0 aliphatic carbocycles. The van der Waals surface area contributed by atoms with E-state index in [0.717, 1.165) is 28.7 Å². The van der Waals surface area contributed by atoms with Crippen LogP contribution in [0, 0.1) is 0 Å². The van der Waals surface area contributed by atoms with Gasteiger partial charge in [-0.1, -0.05) is 23.7 Å². The number of aliphatic hydroxyl groups is 1. The Balaban J connectivity index is 1.60. The number of amidine groups is 1. The van der Waals surface area contributed by atoms with Crippen LogP contribution in [0.4, 0.5) is 13.2 Å². The Morgan fingerprint density at radius 1 is 1.24 bits per heavy atom. The van der Waals surface area contributed by atoms with Crippen molar-refractivity contribution in [1.82, 2.24) is 15.1 Å². The van der Waals surface area contributed by atoms with Crippen LogP contribution in [0.3, 0.4) is 0 Å². The number of nitrogens with zero attached hydrogens (tertiary/aromatic N) is 3. The number of hydrogen-bond donors (Lipinski definition) is 2. The number of aromatic nitrogens is 2. The average molecular weight is 493 g/mol. The second-order valence-corrected chi connectivity index (χ2v) is 9.23. The number of H-pyrrole nitrogens is 1. The number of rotatable bonds is 3. The molecule has 0 bridgehead atoms. The van der Waals surface area contributed by atoms with Crippen LogP contribution in [0.1, 0.15) is 16.7 Å². The molecule has 3 heterocycles. The molecule has 0 radical (unpaired) electrons. The number of amides is 1. The van der Waals surface area contributed by atoms with Gasteiger partial charge in [0.2, 0.25) is 0 Å². The Kier molecular flexibility index (Phi) is 5.46. The lowest BCUT2D eigenvalue weighted by Crippen LogP contribution is -2.52. The largest absolute Gasteiger partial charge is 0.416 e. The van der Waals surface area contributed by atoms with Crippen molar-refractivity contribution in [3.05, 3.63) is 69.2 Å². The highest BCUT2D eigenvalue weighted by Gasteiger charge is 2.37. The number of likely N-dealkylation sites (tertiary alicyclic amines) is 1. The van der Waals surface area contributed by atoms with Gasteiger partial charge in [-0.15, -0.1) is 0 Å². The fourth-order valence-electron chi connectivity index (χ4n) is 3.83. The van der Waals surface area contributed by atoms with Gasteiger partial charge >= 0.3 is 6.18 Å². The zero-order valence-corrected chi connectivity index (χ0v) is 18.4. The Labute approximate surface area is 195 Å². The zero-order chi connectivity index (χ0) is 23.3. The number of benzene rings is 2. The van der Waals surface area contributed by atoms with E-state index in [9.17, 15) is 23.1 Å². The number of nitrogens with one attached hydrogen (secondary N) is 1. The van der Waals surface area contributed by atoms with E-state index >= 15 is 0 Å². The van der Waals surface area contributed by atoms with Gasteiger partial charge in [0.15, 0.2) is 5.17 Å². The molecule has 2 aromatic carbocycles. The molecule has 2 aliphatic rings. The maximum atomic E-state index is 13.7. The van der Waals surface area contributed by atoms with Gasteiger partial charge in [0.05, 0.1) is 28.3 Å². The molecule has 1 aromatic heterocycles. The first-order valence-corrected chi connectivity index (χ1v) is 11.1. The van der Waals surface area contributed by atoms with E-state index in [1.807, 2.05) is 0 Å². The number of fused-ring (bicyclic) bond motifs is 1. The summed E-state index contributed by atoms with van der Waals surface area (Å²) in [6.45, 7) is 0.718. The van der Waals surface area contributed by atoms with E-state index in [2.05, 4.69) is 15.2 Å². The molecular formula is C22H16ClF3N4O2S. The van der Waals surface area contributed by atoms with Gasteiger partial charge in [-0.2, -0.15) is 23.3 Å². The summed E-state index contributed by atoms with van der Waals surface area (Å²) >= 11 is 6.96. The van der Waals surface area contributed by atoms with Crippen molar-refractivity contribution in [2.75, 3.05) is 13.1 Å². The van der Waals surface area contributed by atoms with Gasteiger partial charge in [0, 0.05) is 23.5 Å². The Morgan fingerprint density at radius 3 is 2.76 bits per heavy atom. The molecule has 170 valence electrons. The minimum absolute atomic E-state index is 0.00270. The second kappa shape index (κ2) is 8.19. The minimum Gasteiger partial charge on any atom is -0.389 e. The maximum Gasteiger partial charge on any atom is 0.416 e. The fraction of sp³-hybridized carbons (Fsp3) is 0.227. The summed E-state index contributed by atoms with van der Waals surface area (Å²) in [5.41, 5.74) is 0.953. The number of halogens is 4. The molecule has 2 N–H and O–H groups in total. The van der Waals surface area contributed by atoms with E-state index < -0.39 is 23.8 Å². The molecule has 0 atom stereocenters. The monoisotopic (exact) mass is 492 g/mol. The molecule has 11 heteroatoms. The lowest BCUT2D eigenvalue weighted by Gasteiger charge is -2.36. The normalized spacial score (nSPS) is 18.6. The second-order valence-electron chi connectivity index (χ2n) is 7.82. The van der Waals surface area contributed by atoms with Gasteiger partial charge in [0.25, 0.3) is 5.91 Å². The third-order valence-corrected chi connectivity index (χ3v) is 6.92. The average Bonchev–Trinajstić information content (AvgIpc) is 3.35. The van der Waals surface area contributed by atoms with Crippen LogP contribution in [-0.4, -0.2) is 50.5 Å². The Bertz CT molecular complexity index is 1330. The van der Waals surface area contributed by atoms with Crippen molar-refractivity contribution in [1.29, 1.82) is 0 Å². The predicted molar refractivity (Wildman–Crippen MR) is 121 cm³/mol. The number of aliphatic hydroxyl groups excluding tert-OH is 1. The summed E-state index contributed by atoms with van der Waals surface area (Å²) in [6, 6.07) is 8.92. The molecule has 0 saturated carbocycles. The van der Waals surface area contributed by atoms with Crippen molar-refractivity contribution < 1.29 is 23.1 Å². The molecule has 1 fully saturated rings. The molecule has 0 spiro atoms. The summed E-state index contributed by atoms with van der Waals surface area (Å²) in [7, 11) is 0. The van der Waals surface area contributed by atoms with Gasteiger partial charge in [-0.3, -0.25) is 9.89 Å². The number of β-amino-alcohol motifs (C(OH)–C–C–N with tert-alkyl or cyclic N) is 1. The molecule has 33 heavy (non-hydrogen) atoms. The van der Waals surface area contributed by atoms with Gasteiger partial charge < -0.3 is 10.0 Å². The van der Waals surface area contributed by atoms with Crippen LogP contribution < -0.4 is 0 Å². The highest BCUT2D eigenvalue weighted by molar-refractivity contribution is 8.18. The molecule has 5 rings (SSSR count). The van der Waals surface area contributed by atoms with Crippen molar-refractivity contribution in [2.24, 2.45) is 4.99 Å². The van der Waals surface area contributed by atoms with E-state index in [4.69, 9.17) is 11.6 Å². The molecule has 1 saturated heterocycles. The molecule has 6 nitrogen and oxygen atoms in total. The smallest absolute Gasteiger partial charge is 0.389 e. The summed E-state index contributed by atoms with van der Waals surface area (Å²) in [4.78, 5) is 19.0. The van der Waals surface area contributed by atoms with Crippen molar-refractivity contribution in [3.8, 4) is 0 Å². The molecule has 1 amide bonds. The van der Waals surface area contributed by atoms with Crippen LogP contribution in [0.25, 0.3) is 16.5 Å². The lowest BCUT2D eigenvalue weighted by molar-refractivity contribution is -0.138. The highest BCUT2D eigenvalue weighted by atomic mass is 35.5. The first-order valence-electron chi connectivity index (χ1n) is 9.95.